The summed E-state index contributed by atoms with van der Waals surface area (Å²) in [4.78, 5) is 19.5. The van der Waals surface area contributed by atoms with Crippen LogP contribution in [-0.2, 0) is 25.9 Å². The van der Waals surface area contributed by atoms with Crippen molar-refractivity contribution >= 4 is 21.6 Å². The number of benzene rings is 5. The molecule has 0 bridgehead atoms. The van der Waals surface area contributed by atoms with Crippen molar-refractivity contribution in [3.63, 3.8) is 0 Å². The van der Waals surface area contributed by atoms with Crippen LogP contribution in [0, 0.1) is 11.6 Å². The van der Waals surface area contributed by atoms with E-state index in [4.69, 9.17) is 19.6 Å². The van der Waals surface area contributed by atoms with Gasteiger partial charge in [0.2, 0.25) is 5.90 Å². The van der Waals surface area contributed by atoms with Crippen molar-refractivity contribution < 1.29 is 36.6 Å². The molecule has 2 atom stereocenters. The number of aliphatic imine (C=N–C) groups is 1. The molecule has 0 fully saturated rings. The van der Waals surface area contributed by atoms with E-state index in [9.17, 15) is 22.0 Å². The lowest BCUT2D eigenvalue weighted by Crippen LogP contribution is -2.49. The lowest BCUT2D eigenvalue weighted by Gasteiger charge is -2.30. The SMILES string of the molecule is O=C(NCc1cc(F)cc(F)c1)[C@]1(CCS(=O)(=O)c2ccccc2)N=C(c2ccc(OCCCO)cc2)O[C@@H]1c1ccc(-c2ccccc2)cc1. The number of amides is 1. The van der Waals surface area contributed by atoms with Crippen LogP contribution in [0.5, 0.6) is 5.75 Å². The van der Waals surface area contributed by atoms with Gasteiger partial charge in [0.15, 0.2) is 21.5 Å². The number of carbonyl (C=O) groups excluding carboxylic acids is 1. The Morgan fingerprint density at radius 2 is 1.43 bits per heavy atom. The van der Waals surface area contributed by atoms with Crippen molar-refractivity contribution in [2.24, 2.45) is 4.99 Å². The largest absolute Gasteiger partial charge is 0.494 e. The first kappa shape index (κ1) is 35.4. The smallest absolute Gasteiger partial charge is 0.252 e. The van der Waals surface area contributed by atoms with Crippen molar-refractivity contribution in [1.29, 1.82) is 0 Å². The third-order valence-electron chi connectivity index (χ3n) is 8.58. The predicted octanol–water partition coefficient (Wildman–Crippen LogP) is 6.83. The number of nitrogens with zero attached hydrogens (tertiary/aromatic N) is 1. The number of sulfone groups is 1. The van der Waals surface area contributed by atoms with Gasteiger partial charge in [-0.3, -0.25) is 4.79 Å². The highest BCUT2D eigenvalue weighted by Gasteiger charge is 2.53. The van der Waals surface area contributed by atoms with E-state index in [2.05, 4.69) is 5.32 Å². The van der Waals surface area contributed by atoms with E-state index in [1.807, 2.05) is 54.6 Å². The topological polar surface area (TPSA) is 114 Å². The number of rotatable bonds is 14. The molecule has 0 radical (unpaired) electrons. The Balaban J connectivity index is 1.41. The molecular weight excluding hydrogens is 675 g/mol. The van der Waals surface area contributed by atoms with Crippen LogP contribution in [0.3, 0.4) is 0 Å². The van der Waals surface area contributed by atoms with Gasteiger partial charge >= 0.3 is 0 Å². The molecule has 1 heterocycles. The number of carbonyl (C=O) groups is 1. The zero-order chi connectivity index (χ0) is 35.8. The van der Waals surface area contributed by atoms with Gasteiger partial charge in [0.1, 0.15) is 17.4 Å². The molecule has 2 N–H and O–H groups in total. The first-order valence-corrected chi connectivity index (χ1v) is 18.1. The van der Waals surface area contributed by atoms with Crippen LogP contribution in [0.1, 0.15) is 35.6 Å². The second kappa shape index (κ2) is 15.7. The van der Waals surface area contributed by atoms with Crippen LogP contribution in [0.25, 0.3) is 11.1 Å². The van der Waals surface area contributed by atoms with Crippen molar-refractivity contribution in [2.75, 3.05) is 19.0 Å². The second-order valence-electron chi connectivity index (χ2n) is 12.1. The van der Waals surface area contributed by atoms with Crippen molar-refractivity contribution in [1.82, 2.24) is 5.32 Å². The lowest BCUT2D eigenvalue weighted by molar-refractivity contribution is -0.129. The van der Waals surface area contributed by atoms with Crippen molar-refractivity contribution in [3.05, 3.63) is 156 Å². The maximum atomic E-state index is 14.5. The minimum atomic E-state index is -3.88. The Hall–Kier alpha value is -5.39. The maximum Gasteiger partial charge on any atom is 0.252 e. The van der Waals surface area contributed by atoms with Crippen LogP contribution in [-0.4, -0.2) is 49.8 Å². The summed E-state index contributed by atoms with van der Waals surface area (Å²) in [6.07, 6.45) is -0.883. The third kappa shape index (κ3) is 8.33. The van der Waals surface area contributed by atoms with Crippen LogP contribution in [0.4, 0.5) is 8.78 Å². The number of halogens is 2. The summed E-state index contributed by atoms with van der Waals surface area (Å²) >= 11 is 0. The fourth-order valence-electron chi connectivity index (χ4n) is 5.94. The number of hydrogen-bond acceptors (Lipinski definition) is 7. The molecule has 0 aliphatic carbocycles. The Morgan fingerprint density at radius 1 is 0.824 bits per heavy atom. The molecule has 0 spiro atoms. The summed E-state index contributed by atoms with van der Waals surface area (Å²) in [5.41, 5.74) is 1.36. The monoisotopic (exact) mass is 710 g/mol. The summed E-state index contributed by atoms with van der Waals surface area (Å²) in [5, 5.41) is 11.9. The van der Waals surface area contributed by atoms with E-state index in [-0.39, 0.29) is 35.9 Å². The molecule has 0 unspecified atom stereocenters. The number of aliphatic hydroxyl groups excluding tert-OH is 1. The van der Waals surface area contributed by atoms with E-state index in [1.165, 1.54) is 12.1 Å². The van der Waals surface area contributed by atoms with E-state index in [0.717, 1.165) is 29.3 Å². The minimum absolute atomic E-state index is 0.00522. The average molecular weight is 711 g/mol. The van der Waals surface area contributed by atoms with Gasteiger partial charge in [0.25, 0.3) is 5.91 Å². The fraction of sp³-hybridized carbons (Fsp3) is 0.200. The molecule has 0 aromatic heterocycles. The van der Waals surface area contributed by atoms with E-state index in [0.29, 0.717) is 29.9 Å². The minimum Gasteiger partial charge on any atom is -0.494 e. The van der Waals surface area contributed by atoms with E-state index < -0.39 is 44.8 Å². The van der Waals surface area contributed by atoms with Gasteiger partial charge in [0.05, 0.1) is 17.3 Å². The normalized spacial score (nSPS) is 17.0. The number of aliphatic hydroxyl groups is 1. The zero-order valence-corrected chi connectivity index (χ0v) is 28.4. The van der Waals surface area contributed by atoms with Gasteiger partial charge in [-0.05, 0) is 70.8 Å². The summed E-state index contributed by atoms with van der Waals surface area (Å²) < 4.78 is 67.5. The van der Waals surface area contributed by atoms with Crippen molar-refractivity contribution in [3.8, 4) is 16.9 Å². The number of ether oxygens (including phenoxy) is 2. The summed E-state index contributed by atoms with van der Waals surface area (Å²) in [6, 6.07) is 34.9. The first-order chi connectivity index (χ1) is 24.7. The van der Waals surface area contributed by atoms with Gasteiger partial charge in [0, 0.05) is 37.6 Å². The quantitative estimate of drug-likeness (QED) is 0.122. The molecule has 8 nitrogen and oxygen atoms in total. The number of hydrogen-bond donors (Lipinski definition) is 2. The zero-order valence-electron chi connectivity index (χ0n) is 27.5. The van der Waals surface area contributed by atoms with Gasteiger partial charge in [-0.2, -0.15) is 0 Å². The molecule has 5 aromatic rings. The first-order valence-electron chi connectivity index (χ1n) is 16.4. The van der Waals surface area contributed by atoms with Crippen LogP contribution in [0.15, 0.2) is 137 Å². The Labute approximate surface area is 295 Å². The highest BCUT2D eigenvalue weighted by Crippen LogP contribution is 2.43. The fourth-order valence-corrected chi connectivity index (χ4v) is 7.32. The second-order valence-corrected chi connectivity index (χ2v) is 14.2. The molecule has 5 aromatic carbocycles. The molecule has 1 aliphatic rings. The van der Waals surface area contributed by atoms with Crippen molar-refractivity contribution in [2.45, 2.75) is 35.9 Å². The Morgan fingerprint density at radius 3 is 2.08 bits per heavy atom. The van der Waals surface area contributed by atoms with Gasteiger partial charge in [-0.15, -0.1) is 0 Å². The van der Waals surface area contributed by atoms with Gasteiger partial charge in [-0.1, -0.05) is 72.8 Å². The van der Waals surface area contributed by atoms with E-state index in [1.54, 1.807) is 42.5 Å². The summed E-state index contributed by atoms with van der Waals surface area (Å²) in [7, 11) is -3.88. The summed E-state index contributed by atoms with van der Waals surface area (Å²) in [6.45, 7) is 0.0720. The lowest BCUT2D eigenvalue weighted by atomic mass is 9.84. The van der Waals surface area contributed by atoms with Crippen LogP contribution in [0.2, 0.25) is 0 Å². The highest BCUT2D eigenvalue weighted by atomic mass is 32.2. The highest BCUT2D eigenvalue weighted by molar-refractivity contribution is 7.91. The predicted molar refractivity (Wildman–Crippen MR) is 190 cm³/mol. The van der Waals surface area contributed by atoms with Gasteiger partial charge < -0.3 is 19.9 Å². The maximum absolute atomic E-state index is 14.5. The molecule has 262 valence electrons. The molecule has 0 saturated carbocycles. The molecule has 6 rings (SSSR count). The Kier molecular flexibility index (Phi) is 10.9. The average Bonchev–Trinajstić information content (AvgIpc) is 3.55. The van der Waals surface area contributed by atoms with Gasteiger partial charge in [-0.25, -0.2) is 22.2 Å². The van der Waals surface area contributed by atoms with Crippen LogP contribution < -0.4 is 10.1 Å². The summed E-state index contributed by atoms with van der Waals surface area (Å²) in [5.74, 6) is -2.06. The molecular formula is C40H36F2N2O6S. The van der Waals surface area contributed by atoms with E-state index >= 15 is 0 Å². The number of nitrogens with one attached hydrogen (secondary N) is 1. The molecule has 1 amide bonds. The standard InChI is InChI=1S/C40H36F2N2O6S/c41-33-24-28(25-34(42)26-33)27-43-39(46)40(20-23-51(47,48)36-10-5-2-6-11-36)37(31-14-12-30(13-15-31)29-8-3-1-4-9-29)50-38(44-40)32-16-18-35(19-17-32)49-22-7-21-45/h1-6,8-19,24-26,37,45H,7,20-23,27H2,(H,43,46)/t37-,40-/m1/s1. The molecule has 1 aliphatic heterocycles. The molecule has 51 heavy (non-hydrogen) atoms. The molecule has 11 heteroatoms. The molecule has 0 saturated heterocycles. The van der Waals surface area contributed by atoms with Crippen LogP contribution >= 0.6 is 0 Å². The third-order valence-corrected chi connectivity index (χ3v) is 10.3. The Bertz CT molecular complexity index is 2080.